The van der Waals surface area contributed by atoms with Gasteiger partial charge in [-0.3, -0.25) is 4.79 Å². The average molecular weight is 425 g/mol. The van der Waals surface area contributed by atoms with Crippen molar-refractivity contribution in [1.82, 2.24) is 15.0 Å². The van der Waals surface area contributed by atoms with Crippen molar-refractivity contribution < 1.29 is 13.7 Å². The van der Waals surface area contributed by atoms with Gasteiger partial charge in [-0.15, -0.1) is 0 Å². The molecule has 0 radical (unpaired) electrons. The Morgan fingerprint density at radius 1 is 0.938 bits per heavy atom. The highest BCUT2D eigenvalue weighted by Crippen LogP contribution is 2.29. The smallest absolute Gasteiger partial charge is 0.276 e. The second kappa shape index (κ2) is 8.40. The van der Waals surface area contributed by atoms with Crippen molar-refractivity contribution in [2.45, 2.75) is 0 Å². The Labute approximate surface area is 184 Å². The molecule has 0 bridgehead atoms. The minimum Gasteiger partial charge on any atom is -0.419 e. The van der Waals surface area contributed by atoms with Gasteiger partial charge in [-0.2, -0.15) is 10.2 Å². The van der Waals surface area contributed by atoms with E-state index < -0.39 is 0 Å². The molecule has 1 fully saturated rings. The summed E-state index contributed by atoms with van der Waals surface area (Å²) in [6.45, 7) is 1.98. The molecule has 8 heteroatoms. The molecule has 1 amide bonds. The van der Waals surface area contributed by atoms with Crippen LogP contribution in [0.5, 0.6) is 0 Å². The topological polar surface area (TPSA) is 99.4 Å². The summed E-state index contributed by atoms with van der Waals surface area (Å²) in [4.78, 5) is 20.9. The van der Waals surface area contributed by atoms with E-state index >= 15 is 0 Å². The first-order valence-corrected chi connectivity index (χ1v) is 10.3. The second-order valence-corrected chi connectivity index (χ2v) is 7.37. The summed E-state index contributed by atoms with van der Waals surface area (Å²) in [7, 11) is 0. The first-order chi connectivity index (χ1) is 15.7. The Morgan fingerprint density at radius 2 is 1.59 bits per heavy atom. The lowest BCUT2D eigenvalue weighted by molar-refractivity contribution is 0.0735. The number of carbonyl (C=O) groups excluding carboxylic acids is 1. The van der Waals surface area contributed by atoms with Gasteiger partial charge in [0.25, 0.3) is 5.91 Å². The number of hydrogen-bond acceptors (Lipinski definition) is 7. The maximum Gasteiger partial charge on any atom is 0.276 e. The molecule has 32 heavy (non-hydrogen) atoms. The van der Waals surface area contributed by atoms with Crippen LogP contribution in [0.4, 0.5) is 5.88 Å². The van der Waals surface area contributed by atoms with Crippen molar-refractivity contribution in [3.63, 3.8) is 0 Å². The number of nitriles is 1. The third kappa shape index (κ3) is 3.72. The van der Waals surface area contributed by atoms with E-state index in [9.17, 15) is 10.1 Å². The van der Waals surface area contributed by atoms with Gasteiger partial charge < -0.3 is 18.7 Å². The number of rotatable bonds is 4. The van der Waals surface area contributed by atoms with Gasteiger partial charge in [0.1, 0.15) is 6.07 Å². The van der Waals surface area contributed by atoms with E-state index in [4.69, 9.17) is 8.94 Å². The highest BCUT2D eigenvalue weighted by atomic mass is 16.5. The lowest BCUT2D eigenvalue weighted by atomic mass is 10.1. The molecule has 0 N–H and O–H groups in total. The van der Waals surface area contributed by atoms with Crippen LogP contribution in [0.25, 0.3) is 22.8 Å². The number of nitrogens with zero attached hydrogens (tertiary/aromatic N) is 5. The molecule has 0 aliphatic carbocycles. The van der Waals surface area contributed by atoms with E-state index in [-0.39, 0.29) is 17.3 Å². The zero-order valence-electron chi connectivity index (χ0n) is 17.1. The molecule has 5 rings (SSSR count). The Kier molecular flexibility index (Phi) is 5.14. The zero-order chi connectivity index (χ0) is 21.9. The lowest BCUT2D eigenvalue weighted by Gasteiger charge is -2.34. The lowest BCUT2D eigenvalue weighted by Crippen LogP contribution is -2.49. The monoisotopic (exact) mass is 425 g/mol. The molecule has 8 nitrogen and oxygen atoms in total. The molecular weight excluding hydrogens is 406 g/mol. The molecule has 3 heterocycles. The fourth-order valence-electron chi connectivity index (χ4n) is 3.69. The maximum absolute atomic E-state index is 12.9. The van der Waals surface area contributed by atoms with Crippen molar-refractivity contribution in [3.05, 3.63) is 78.1 Å². The summed E-state index contributed by atoms with van der Waals surface area (Å²) in [5.41, 5.74) is 2.20. The van der Waals surface area contributed by atoms with Gasteiger partial charge in [0.05, 0.1) is 0 Å². The standard InChI is InChI=1S/C24H19N5O3/c25-16-20-24(31-22(26-20)18-9-5-2-6-10-18)29-13-11-28(12-14-29)23(30)19-15-21(32-27-19)17-7-3-1-4-8-17/h1-10,15H,11-14H2. The van der Waals surface area contributed by atoms with E-state index in [0.29, 0.717) is 43.7 Å². The van der Waals surface area contributed by atoms with E-state index in [0.717, 1.165) is 11.1 Å². The molecule has 2 aromatic heterocycles. The number of piperazine rings is 1. The Bertz CT molecular complexity index is 1270. The molecule has 158 valence electrons. The van der Waals surface area contributed by atoms with Crippen LogP contribution in [0.2, 0.25) is 0 Å². The molecule has 0 unspecified atom stereocenters. The Balaban J connectivity index is 1.28. The summed E-state index contributed by atoms with van der Waals surface area (Å²) in [6.07, 6.45) is 0. The predicted molar refractivity (Wildman–Crippen MR) is 117 cm³/mol. The number of aromatic nitrogens is 2. The normalized spacial score (nSPS) is 13.7. The maximum atomic E-state index is 12.9. The Hall–Kier alpha value is -4.38. The summed E-state index contributed by atoms with van der Waals surface area (Å²) < 4.78 is 11.3. The SMILES string of the molecule is N#Cc1nc(-c2ccccc2)oc1N1CCN(C(=O)c2cc(-c3ccccc3)on2)CC1. The molecule has 1 saturated heterocycles. The minimum absolute atomic E-state index is 0.182. The van der Waals surface area contributed by atoms with Crippen LogP contribution in [0.15, 0.2) is 75.7 Å². The fraction of sp³-hybridized carbons (Fsp3) is 0.167. The largest absolute Gasteiger partial charge is 0.419 e. The number of amides is 1. The van der Waals surface area contributed by atoms with Crippen molar-refractivity contribution >= 4 is 11.8 Å². The van der Waals surface area contributed by atoms with E-state index in [1.165, 1.54) is 0 Å². The molecule has 0 saturated carbocycles. The number of hydrogen-bond donors (Lipinski definition) is 0. The van der Waals surface area contributed by atoms with E-state index in [1.807, 2.05) is 65.6 Å². The number of oxazole rings is 1. The summed E-state index contributed by atoms with van der Waals surface area (Å²) in [6, 6.07) is 22.8. The minimum atomic E-state index is -0.182. The van der Waals surface area contributed by atoms with Gasteiger partial charge in [-0.25, -0.2) is 0 Å². The summed E-state index contributed by atoms with van der Waals surface area (Å²) in [5, 5.41) is 13.5. The molecule has 4 aromatic rings. The highest BCUT2D eigenvalue weighted by Gasteiger charge is 2.28. The van der Waals surface area contributed by atoms with Crippen LogP contribution < -0.4 is 4.90 Å². The Morgan fingerprint density at radius 3 is 2.25 bits per heavy atom. The summed E-state index contributed by atoms with van der Waals surface area (Å²) >= 11 is 0. The van der Waals surface area contributed by atoms with Gasteiger partial charge in [-0.1, -0.05) is 53.7 Å². The van der Waals surface area contributed by atoms with Crippen LogP contribution in [0.1, 0.15) is 16.2 Å². The molecule has 0 atom stereocenters. The average Bonchev–Trinajstić information content (AvgIpc) is 3.53. The molecule has 1 aliphatic heterocycles. The third-order valence-electron chi connectivity index (χ3n) is 5.38. The first-order valence-electron chi connectivity index (χ1n) is 10.3. The zero-order valence-corrected chi connectivity index (χ0v) is 17.1. The molecule has 1 aliphatic rings. The first kappa shape index (κ1) is 19.6. The van der Waals surface area contributed by atoms with Gasteiger partial charge >= 0.3 is 0 Å². The van der Waals surface area contributed by atoms with Crippen LogP contribution >= 0.6 is 0 Å². The molecular formula is C24H19N5O3. The van der Waals surface area contributed by atoms with E-state index in [1.54, 1.807) is 11.0 Å². The highest BCUT2D eigenvalue weighted by molar-refractivity contribution is 5.93. The van der Waals surface area contributed by atoms with Gasteiger partial charge in [0, 0.05) is 43.4 Å². The van der Waals surface area contributed by atoms with Crippen molar-refractivity contribution in [1.29, 1.82) is 5.26 Å². The van der Waals surface area contributed by atoms with Gasteiger partial charge in [-0.05, 0) is 12.1 Å². The molecule has 0 spiro atoms. The van der Waals surface area contributed by atoms with Crippen LogP contribution in [-0.2, 0) is 0 Å². The second-order valence-electron chi connectivity index (χ2n) is 7.37. The van der Waals surface area contributed by atoms with Gasteiger partial charge in [0.2, 0.25) is 17.5 Å². The predicted octanol–water partition coefficient (Wildman–Crippen LogP) is 3.83. The quantitative estimate of drug-likeness (QED) is 0.490. The number of carbonyl (C=O) groups is 1. The van der Waals surface area contributed by atoms with Crippen LogP contribution in [0, 0.1) is 11.3 Å². The summed E-state index contributed by atoms with van der Waals surface area (Å²) in [5.74, 6) is 1.22. The fourth-order valence-corrected chi connectivity index (χ4v) is 3.69. The number of benzene rings is 2. The van der Waals surface area contributed by atoms with Crippen molar-refractivity contribution in [2.75, 3.05) is 31.1 Å². The van der Waals surface area contributed by atoms with E-state index in [2.05, 4.69) is 16.2 Å². The number of anilines is 1. The van der Waals surface area contributed by atoms with Crippen molar-refractivity contribution in [3.8, 4) is 28.8 Å². The van der Waals surface area contributed by atoms with Crippen LogP contribution in [-0.4, -0.2) is 47.1 Å². The van der Waals surface area contributed by atoms with Gasteiger partial charge in [0.15, 0.2) is 11.5 Å². The van der Waals surface area contributed by atoms with Crippen LogP contribution in [0.3, 0.4) is 0 Å². The molecule has 2 aromatic carbocycles. The third-order valence-corrected chi connectivity index (χ3v) is 5.38. The van der Waals surface area contributed by atoms with Crippen molar-refractivity contribution in [2.24, 2.45) is 0 Å².